The average molecular weight is 287 g/mol. The highest BCUT2D eigenvalue weighted by Crippen LogP contribution is 2.21. The van der Waals surface area contributed by atoms with Crippen LogP contribution in [0.5, 0.6) is 0 Å². The zero-order valence-corrected chi connectivity index (χ0v) is 11.8. The van der Waals surface area contributed by atoms with Crippen molar-refractivity contribution in [1.29, 1.82) is 0 Å². The van der Waals surface area contributed by atoms with E-state index in [0.29, 0.717) is 11.7 Å². The largest absolute Gasteiger partial charge is 0.311 e. The van der Waals surface area contributed by atoms with Gasteiger partial charge >= 0.3 is 0 Å². The van der Waals surface area contributed by atoms with Crippen LogP contribution in [-0.2, 0) is 6.54 Å². The van der Waals surface area contributed by atoms with Crippen LogP contribution in [0, 0.1) is 0 Å². The monoisotopic (exact) mass is 287 g/mol. The number of hydrogen-bond acceptors (Lipinski definition) is 4. The molecular weight excluding hydrogens is 274 g/mol. The van der Waals surface area contributed by atoms with Gasteiger partial charge in [0, 0.05) is 31.2 Å². The fourth-order valence-electron chi connectivity index (χ4n) is 2.11. The number of benzene rings is 1. The molecule has 0 saturated carbocycles. The summed E-state index contributed by atoms with van der Waals surface area (Å²) < 4.78 is 1.57. The summed E-state index contributed by atoms with van der Waals surface area (Å²) in [6, 6.07) is 9.23. The van der Waals surface area contributed by atoms with E-state index in [2.05, 4.69) is 4.98 Å². The topological polar surface area (TPSA) is 55.2 Å². The lowest BCUT2D eigenvalue weighted by Gasteiger charge is -2.17. The summed E-state index contributed by atoms with van der Waals surface area (Å²) in [4.78, 5) is 30.4. The van der Waals surface area contributed by atoms with Gasteiger partial charge < -0.3 is 4.90 Å². The molecule has 0 fully saturated rings. The van der Waals surface area contributed by atoms with Crippen molar-refractivity contribution in [2.24, 2.45) is 0 Å². The lowest BCUT2D eigenvalue weighted by Crippen LogP contribution is -2.34. The molecular formula is C14H13N3O2S. The van der Waals surface area contributed by atoms with E-state index in [1.54, 1.807) is 11.6 Å². The minimum Gasteiger partial charge on any atom is -0.311 e. The summed E-state index contributed by atoms with van der Waals surface area (Å²) in [6.45, 7) is 0.613. The number of nitrogens with zero attached hydrogens (tertiary/aromatic N) is 3. The van der Waals surface area contributed by atoms with Gasteiger partial charge in [-0.15, -0.1) is 0 Å². The van der Waals surface area contributed by atoms with Gasteiger partial charge in [-0.25, -0.2) is 4.98 Å². The third-order valence-corrected chi connectivity index (χ3v) is 4.21. The van der Waals surface area contributed by atoms with Crippen molar-refractivity contribution in [2.75, 3.05) is 17.7 Å². The van der Waals surface area contributed by atoms with Crippen molar-refractivity contribution in [1.82, 2.24) is 9.55 Å². The predicted molar refractivity (Wildman–Crippen MR) is 78.4 cm³/mol. The summed E-state index contributed by atoms with van der Waals surface area (Å²) in [5.74, 6) is 0.495. The number of anilines is 1. The second-order valence-electron chi connectivity index (χ2n) is 4.46. The van der Waals surface area contributed by atoms with Crippen molar-refractivity contribution in [3.8, 4) is 0 Å². The zero-order chi connectivity index (χ0) is 14.1. The standard InChI is InChI=1S/C14H13N3O2S/c1-16(10-5-3-2-4-6-10)12(18)11-9-15-14-17(13(11)19)7-8-20-14/h2-6,9H,7-8H2,1H3. The van der Waals surface area contributed by atoms with Gasteiger partial charge in [0.15, 0.2) is 5.16 Å². The van der Waals surface area contributed by atoms with Crippen LogP contribution in [0.4, 0.5) is 5.69 Å². The van der Waals surface area contributed by atoms with Gasteiger partial charge in [-0.2, -0.15) is 0 Å². The molecule has 0 radical (unpaired) electrons. The van der Waals surface area contributed by atoms with Gasteiger partial charge in [-0.3, -0.25) is 14.2 Å². The first kappa shape index (κ1) is 12.9. The molecule has 0 N–H and O–H groups in total. The lowest BCUT2D eigenvalue weighted by molar-refractivity contribution is 0.0990. The molecule has 0 saturated heterocycles. The Labute approximate surface area is 120 Å². The number of rotatable bonds is 2. The van der Waals surface area contributed by atoms with Crippen LogP contribution >= 0.6 is 11.8 Å². The molecule has 6 heteroatoms. The maximum absolute atomic E-state index is 12.4. The van der Waals surface area contributed by atoms with Crippen molar-refractivity contribution >= 4 is 23.4 Å². The van der Waals surface area contributed by atoms with Crippen molar-refractivity contribution in [3.63, 3.8) is 0 Å². The summed E-state index contributed by atoms with van der Waals surface area (Å²) in [6.07, 6.45) is 1.38. The van der Waals surface area contributed by atoms with Crippen LogP contribution in [0.2, 0.25) is 0 Å². The van der Waals surface area contributed by atoms with Gasteiger partial charge in [0.2, 0.25) is 0 Å². The molecule has 0 atom stereocenters. The normalized spacial score (nSPS) is 13.1. The van der Waals surface area contributed by atoms with Crippen molar-refractivity contribution in [2.45, 2.75) is 11.7 Å². The Morgan fingerprint density at radius 1 is 1.35 bits per heavy atom. The van der Waals surface area contributed by atoms with Gasteiger partial charge in [-0.1, -0.05) is 30.0 Å². The van der Waals surface area contributed by atoms with E-state index in [4.69, 9.17) is 0 Å². The van der Waals surface area contributed by atoms with Crippen LogP contribution in [0.1, 0.15) is 10.4 Å². The Kier molecular flexibility index (Phi) is 3.31. The molecule has 1 aromatic carbocycles. The van der Waals surface area contributed by atoms with E-state index in [0.717, 1.165) is 11.4 Å². The van der Waals surface area contributed by atoms with Gasteiger partial charge in [0.05, 0.1) is 0 Å². The highest BCUT2D eigenvalue weighted by Gasteiger charge is 2.22. The van der Waals surface area contributed by atoms with E-state index in [1.807, 2.05) is 30.3 Å². The minimum atomic E-state index is -0.332. The highest BCUT2D eigenvalue weighted by atomic mass is 32.2. The van der Waals surface area contributed by atoms with Crippen LogP contribution in [0.3, 0.4) is 0 Å². The third kappa shape index (κ3) is 2.12. The summed E-state index contributed by atoms with van der Waals surface area (Å²) in [5.41, 5.74) is 0.604. The Morgan fingerprint density at radius 2 is 2.10 bits per heavy atom. The Bertz CT molecular complexity index is 712. The molecule has 1 aliphatic rings. The molecule has 1 aromatic heterocycles. The molecule has 20 heavy (non-hydrogen) atoms. The van der Waals surface area contributed by atoms with Crippen LogP contribution < -0.4 is 10.5 Å². The van der Waals surface area contributed by atoms with Crippen LogP contribution in [0.15, 0.2) is 46.5 Å². The van der Waals surface area contributed by atoms with Gasteiger partial charge in [-0.05, 0) is 12.1 Å². The van der Waals surface area contributed by atoms with Crippen molar-refractivity contribution < 1.29 is 4.79 Å². The first-order chi connectivity index (χ1) is 9.68. The molecule has 1 amide bonds. The Hall–Kier alpha value is -2.08. The molecule has 1 aliphatic heterocycles. The van der Waals surface area contributed by atoms with E-state index in [-0.39, 0.29) is 17.0 Å². The maximum atomic E-state index is 12.4. The maximum Gasteiger partial charge on any atom is 0.267 e. The third-order valence-electron chi connectivity index (χ3n) is 3.24. The molecule has 0 bridgehead atoms. The zero-order valence-electron chi connectivity index (χ0n) is 10.9. The number of hydrogen-bond donors (Lipinski definition) is 0. The van der Waals surface area contributed by atoms with E-state index >= 15 is 0 Å². The molecule has 2 heterocycles. The quantitative estimate of drug-likeness (QED) is 0.788. The number of carbonyl (C=O) groups excluding carboxylic acids is 1. The number of fused-ring (bicyclic) bond motifs is 1. The Balaban J connectivity index is 1.98. The predicted octanol–water partition coefficient (Wildman–Crippen LogP) is 1.63. The number of amides is 1. The van der Waals surface area contributed by atoms with Gasteiger partial charge in [0.1, 0.15) is 5.56 Å². The molecule has 5 nitrogen and oxygen atoms in total. The highest BCUT2D eigenvalue weighted by molar-refractivity contribution is 7.99. The smallest absolute Gasteiger partial charge is 0.267 e. The molecule has 3 rings (SSSR count). The fourth-order valence-corrected chi connectivity index (χ4v) is 3.03. The van der Waals surface area contributed by atoms with Gasteiger partial charge in [0.25, 0.3) is 11.5 Å². The van der Waals surface area contributed by atoms with Crippen molar-refractivity contribution in [3.05, 3.63) is 52.4 Å². The molecule has 0 unspecified atom stereocenters. The summed E-state index contributed by atoms with van der Waals surface area (Å²) in [5, 5.41) is 0.689. The second kappa shape index (κ2) is 5.13. The van der Waals surface area contributed by atoms with Crippen LogP contribution in [-0.4, -0.2) is 28.3 Å². The number of carbonyl (C=O) groups is 1. The van der Waals surface area contributed by atoms with E-state index < -0.39 is 0 Å². The molecule has 0 aliphatic carbocycles. The Morgan fingerprint density at radius 3 is 2.85 bits per heavy atom. The average Bonchev–Trinajstić information content (AvgIpc) is 2.96. The van der Waals surface area contributed by atoms with Crippen LogP contribution in [0.25, 0.3) is 0 Å². The SMILES string of the molecule is CN(C(=O)c1cnc2n(c1=O)CCS2)c1ccccc1. The number of thioether (sulfide) groups is 1. The first-order valence-corrected chi connectivity index (χ1v) is 7.23. The number of aromatic nitrogens is 2. The molecule has 102 valence electrons. The van der Waals surface area contributed by atoms with E-state index in [1.165, 1.54) is 22.9 Å². The molecule has 2 aromatic rings. The second-order valence-corrected chi connectivity index (χ2v) is 5.52. The summed E-state index contributed by atoms with van der Waals surface area (Å²) in [7, 11) is 1.66. The number of para-hydroxylation sites is 1. The molecule has 0 spiro atoms. The van der Waals surface area contributed by atoms with E-state index in [9.17, 15) is 9.59 Å². The first-order valence-electron chi connectivity index (χ1n) is 6.24. The summed E-state index contributed by atoms with van der Waals surface area (Å²) >= 11 is 1.53. The lowest BCUT2D eigenvalue weighted by atomic mass is 10.2. The fraction of sp³-hybridized carbons (Fsp3) is 0.214. The minimum absolute atomic E-state index is 0.114.